The largest absolute Gasteiger partial charge is 0.483 e. The highest BCUT2D eigenvalue weighted by Crippen LogP contribution is 2.35. The van der Waals surface area contributed by atoms with E-state index in [1.807, 2.05) is 78.9 Å². The molecule has 4 heteroatoms. The maximum Gasteiger partial charge on any atom is 0.258 e. The Morgan fingerprint density at radius 1 is 0.966 bits per heavy atom. The lowest BCUT2D eigenvalue weighted by Crippen LogP contribution is -2.33. The monoisotopic (exact) mass is 387 g/mol. The molecule has 2 N–H and O–H groups in total. The zero-order valence-corrected chi connectivity index (χ0v) is 16.3. The Bertz CT molecular complexity index is 917. The molecular formula is C25H25NO3. The SMILES string of the molecule is O=C(COc1cccc2c1CCC[C@@H]2O)NC(c1ccccc1)c1ccccc1. The van der Waals surface area contributed by atoms with Gasteiger partial charge in [-0.15, -0.1) is 0 Å². The lowest BCUT2D eigenvalue weighted by atomic mass is 9.89. The fourth-order valence-electron chi connectivity index (χ4n) is 3.92. The molecule has 0 unspecified atom stereocenters. The van der Waals surface area contributed by atoms with Crippen LogP contribution in [0, 0.1) is 0 Å². The van der Waals surface area contributed by atoms with Gasteiger partial charge in [-0.25, -0.2) is 0 Å². The van der Waals surface area contributed by atoms with Crippen molar-refractivity contribution in [2.24, 2.45) is 0 Å². The number of benzene rings is 3. The summed E-state index contributed by atoms with van der Waals surface area (Å²) < 4.78 is 5.86. The molecule has 29 heavy (non-hydrogen) atoms. The summed E-state index contributed by atoms with van der Waals surface area (Å²) in [4.78, 5) is 12.7. The first-order chi connectivity index (χ1) is 14.2. The molecule has 0 bridgehead atoms. The van der Waals surface area contributed by atoms with Gasteiger partial charge in [0.05, 0.1) is 12.1 Å². The quantitative estimate of drug-likeness (QED) is 0.661. The number of aliphatic hydroxyl groups is 1. The summed E-state index contributed by atoms with van der Waals surface area (Å²) in [5.74, 6) is 0.504. The maximum atomic E-state index is 12.7. The Labute approximate surface area is 171 Å². The molecular weight excluding hydrogens is 362 g/mol. The van der Waals surface area contributed by atoms with Crippen LogP contribution in [0.5, 0.6) is 5.75 Å². The molecule has 0 aliphatic heterocycles. The number of rotatable bonds is 6. The fraction of sp³-hybridized carbons (Fsp3) is 0.240. The molecule has 1 amide bonds. The first-order valence-corrected chi connectivity index (χ1v) is 10.0. The van der Waals surface area contributed by atoms with Crippen LogP contribution in [0.25, 0.3) is 0 Å². The summed E-state index contributed by atoms with van der Waals surface area (Å²) in [5, 5.41) is 13.3. The zero-order chi connectivity index (χ0) is 20.1. The summed E-state index contributed by atoms with van der Waals surface area (Å²) in [6.07, 6.45) is 2.11. The molecule has 3 aromatic rings. The van der Waals surface area contributed by atoms with Crippen molar-refractivity contribution in [3.8, 4) is 5.75 Å². The van der Waals surface area contributed by atoms with E-state index in [1.165, 1.54) is 0 Å². The lowest BCUT2D eigenvalue weighted by molar-refractivity contribution is -0.123. The Hall–Kier alpha value is -3.11. The van der Waals surface area contributed by atoms with Crippen LogP contribution in [0.15, 0.2) is 78.9 Å². The number of carbonyl (C=O) groups is 1. The third-order valence-electron chi connectivity index (χ3n) is 5.36. The molecule has 3 aromatic carbocycles. The minimum Gasteiger partial charge on any atom is -0.483 e. The van der Waals surface area contributed by atoms with Crippen LogP contribution in [0.4, 0.5) is 0 Å². The van der Waals surface area contributed by atoms with Gasteiger partial charge in [0.2, 0.25) is 0 Å². The first-order valence-electron chi connectivity index (χ1n) is 10.0. The van der Waals surface area contributed by atoms with Crippen molar-refractivity contribution in [1.82, 2.24) is 5.32 Å². The normalized spacial score (nSPS) is 15.6. The topological polar surface area (TPSA) is 58.6 Å². The number of amides is 1. The van der Waals surface area contributed by atoms with E-state index in [0.717, 1.165) is 41.5 Å². The lowest BCUT2D eigenvalue weighted by Gasteiger charge is -2.24. The fourth-order valence-corrected chi connectivity index (χ4v) is 3.92. The Morgan fingerprint density at radius 3 is 2.28 bits per heavy atom. The van der Waals surface area contributed by atoms with Gasteiger partial charge >= 0.3 is 0 Å². The third kappa shape index (κ3) is 4.49. The zero-order valence-electron chi connectivity index (χ0n) is 16.3. The second-order valence-electron chi connectivity index (χ2n) is 7.34. The molecule has 0 heterocycles. The Kier molecular flexibility index (Phi) is 5.92. The predicted octanol–water partition coefficient (Wildman–Crippen LogP) is 4.34. The van der Waals surface area contributed by atoms with Crippen molar-refractivity contribution in [1.29, 1.82) is 0 Å². The molecule has 1 aliphatic carbocycles. The summed E-state index contributed by atoms with van der Waals surface area (Å²) >= 11 is 0. The van der Waals surface area contributed by atoms with Crippen molar-refractivity contribution in [3.05, 3.63) is 101 Å². The van der Waals surface area contributed by atoms with Gasteiger partial charge in [0, 0.05) is 0 Å². The van der Waals surface area contributed by atoms with Gasteiger partial charge in [0.1, 0.15) is 5.75 Å². The number of hydrogen-bond donors (Lipinski definition) is 2. The second-order valence-corrected chi connectivity index (χ2v) is 7.34. The van der Waals surface area contributed by atoms with Gasteiger partial charge in [0.25, 0.3) is 5.91 Å². The molecule has 4 rings (SSSR count). The van der Waals surface area contributed by atoms with E-state index in [9.17, 15) is 9.90 Å². The van der Waals surface area contributed by atoms with Crippen molar-refractivity contribution in [2.45, 2.75) is 31.4 Å². The summed E-state index contributed by atoms with van der Waals surface area (Å²) in [6, 6.07) is 25.3. The minimum atomic E-state index is -0.448. The van der Waals surface area contributed by atoms with Gasteiger partial charge in [-0.05, 0) is 47.6 Å². The maximum absolute atomic E-state index is 12.7. The van der Waals surface area contributed by atoms with Crippen LogP contribution < -0.4 is 10.1 Å². The van der Waals surface area contributed by atoms with Gasteiger partial charge in [-0.3, -0.25) is 4.79 Å². The van der Waals surface area contributed by atoms with E-state index in [-0.39, 0.29) is 18.6 Å². The molecule has 1 atom stereocenters. The molecule has 148 valence electrons. The molecule has 4 nitrogen and oxygen atoms in total. The highest BCUT2D eigenvalue weighted by molar-refractivity contribution is 5.78. The second kappa shape index (κ2) is 8.93. The van der Waals surface area contributed by atoms with E-state index in [1.54, 1.807) is 0 Å². The Balaban J connectivity index is 1.48. The van der Waals surface area contributed by atoms with Crippen LogP contribution in [0.1, 0.15) is 47.2 Å². The Morgan fingerprint density at radius 2 is 1.62 bits per heavy atom. The van der Waals surface area contributed by atoms with E-state index >= 15 is 0 Å². The molecule has 0 aromatic heterocycles. The smallest absolute Gasteiger partial charge is 0.258 e. The van der Waals surface area contributed by atoms with Gasteiger partial charge in [0.15, 0.2) is 6.61 Å². The van der Waals surface area contributed by atoms with Crippen LogP contribution in [0.3, 0.4) is 0 Å². The van der Waals surface area contributed by atoms with Crippen molar-refractivity contribution in [2.75, 3.05) is 6.61 Å². The number of ether oxygens (including phenoxy) is 1. The molecule has 1 aliphatic rings. The number of fused-ring (bicyclic) bond motifs is 1. The van der Waals surface area contributed by atoms with E-state index < -0.39 is 6.10 Å². The van der Waals surface area contributed by atoms with E-state index in [2.05, 4.69) is 5.32 Å². The number of aliphatic hydroxyl groups excluding tert-OH is 1. The molecule has 0 saturated heterocycles. The number of nitrogens with one attached hydrogen (secondary N) is 1. The highest BCUT2D eigenvalue weighted by Gasteiger charge is 2.22. The van der Waals surface area contributed by atoms with Crippen LogP contribution in [-0.4, -0.2) is 17.6 Å². The first kappa shape index (κ1) is 19.2. The minimum absolute atomic E-state index is 0.0668. The molecule has 0 radical (unpaired) electrons. The van der Waals surface area contributed by atoms with Gasteiger partial charge < -0.3 is 15.2 Å². The van der Waals surface area contributed by atoms with E-state index in [4.69, 9.17) is 4.74 Å². The summed E-state index contributed by atoms with van der Waals surface area (Å²) in [5.41, 5.74) is 3.97. The van der Waals surface area contributed by atoms with Crippen molar-refractivity contribution in [3.63, 3.8) is 0 Å². The highest BCUT2D eigenvalue weighted by atomic mass is 16.5. The molecule has 0 fully saturated rings. The van der Waals surface area contributed by atoms with Crippen LogP contribution in [-0.2, 0) is 11.2 Å². The summed E-state index contributed by atoms with van der Waals surface area (Å²) in [7, 11) is 0. The van der Waals surface area contributed by atoms with Crippen LogP contribution >= 0.6 is 0 Å². The summed E-state index contributed by atoms with van der Waals surface area (Å²) in [6.45, 7) is -0.0668. The average Bonchev–Trinajstić information content (AvgIpc) is 2.77. The van der Waals surface area contributed by atoms with Gasteiger partial charge in [-0.1, -0.05) is 72.8 Å². The third-order valence-corrected chi connectivity index (χ3v) is 5.36. The van der Waals surface area contributed by atoms with Crippen LogP contribution in [0.2, 0.25) is 0 Å². The predicted molar refractivity (Wildman–Crippen MR) is 113 cm³/mol. The van der Waals surface area contributed by atoms with Crippen molar-refractivity contribution < 1.29 is 14.6 Å². The number of hydrogen-bond acceptors (Lipinski definition) is 3. The molecule has 0 spiro atoms. The number of carbonyl (C=O) groups excluding carboxylic acids is 1. The van der Waals surface area contributed by atoms with Crippen molar-refractivity contribution >= 4 is 5.91 Å². The van der Waals surface area contributed by atoms with E-state index in [0.29, 0.717) is 5.75 Å². The molecule has 0 saturated carbocycles. The van der Waals surface area contributed by atoms with Gasteiger partial charge in [-0.2, -0.15) is 0 Å². The standard InChI is InChI=1S/C25H25NO3/c27-22-15-7-14-21-20(22)13-8-16-23(21)29-17-24(28)26-25(18-9-3-1-4-10-18)19-11-5-2-6-12-19/h1-6,8-13,16,22,25,27H,7,14-15,17H2,(H,26,28)/t22-/m0/s1. The average molecular weight is 387 g/mol.